The van der Waals surface area contributed by atoms with Gasteiger partial charge in [-0.05, 0) is 6.42 Å². The fraction of sp³-hybridized carbons (Fsp3) is 0.875. The molecule has 0 aromatic heterocycles. The lowest BCUT2D eigenvalue weighted by Gasteiger charge is -2.17. The number of carbonyl (C=O) groups is 1. The molecule has 0 aromatic rings. The fourth-order valence-corrected chi connectivity index (χ4v) is 1.29. The van der Waals surface area contributed by atoms with Gasteiger partial charge in [0.05, 0.1) is 12.6 Å². The molecule has 1 rings (SSSR count). The van der Waals surface area contributed by atoms with Gasteiger partial charge in [-0.1, -0.05) is 0 Å². The summed E-state index contributed by atoms with van der Waals surface area (Å²) in [6.07, 6.45) is 0.556. The number of β-amino-alcohol motifs (C(OH)–C–C–N with tert-alkyl or cyclic N) is 1. The molecule has 0 bridgehead atoms. The topological polar surface area (TPSA) is 43.8 Å². The number of amides is 1. The monoisotopic (exact) mass is 172 g/mol. The summed E-state index contributed by atoms with van der Waals surface area (Å²) in [6.45, 7) is 1.91. The molecule has 1 aliphatic rings. The minimum atomic E-state index is -0.236. The van der Waals surface area contributed by atoms with Gasteiger partial charge in [-0.15, -0.1) is 0 Å². The van der Waals surface area contributed by atoms with Gasteiger partial charge >= 0.3 is 0 Å². The van der Waals surface area contributed by atoms with E-state index in [1.54, 1.807) is 19.0 Å². The van der Waals surface area contributed by atoms with E-state index in [1.165, 1.54) is 0 Å². The van der Waals surface area contributed by atoms with Crippen molar-refractivity contribution in [1.29, 1.82) is 0 Å². The molecule has 12 heavy (non-hydrogen) atoms. The zero-order valence-electron chi connectivity index (χ0n) is 7.66. The lowest BCUT2D eigenvalue weighted by molar-refractivity contribution is -0.129. The summed E-state index contributed by atoms with van der Waals surface area (Å²) in [5.74, 6) is 0.101. The molecule has 1 heterocycles. The largest absolute Gasteiger partial charge is 0.392 e. The van der Waals surface area contributed by atoms with Crippen molar-refractivity contribution in [2.24, 2.45) is 0 Å². The van der Waals surface area contributed by atoms with Gasteiger partial charge < -0.3 is 10.0 Å². The first-order chi connectivity index (χ1) is 5.59. The van der Waals surface area contributed by atoms with Gasteiger partial charge in [0.15, 0.2) is 0 Å². The maximum Gasteiger partial charge on any atom is 0.236 e. The summed E-state index contributed by atoms with van der Waals surface area (Å²) in [4.78, 5) is 14.8. The van der Waals surface area contributed by atoms with Crippen molar-refractivity contribution in [3.63, 3.8) is 0 Å². The second-order valence-corrected chi connectivity index (χ2v) is 3.47. The Hall–Kier alpha value is -0.610. The van der Waals surface area contributed by atoms with Crippen LogP contribution in [0.2, 0.25) is 0 Å². The number of aliphatic hydroxyl groups is 1. The number of aliphatic hydroxyl groups excluding tert-OH is 1. The average molecular weight is 172 g/mol. The summed E-state index contributed by atoms with van der Waals surface area (Å²) < 4.78 is 0. The van der Waals surface area contributed by atoms with Crippen LogP contribution in [0.25, 0.3) is 0 Å². The molecule has 0 aromatic carbocycles. The molecule has 1 N–H and O–H groups in total. The first-order valence-electron chi connectivity index (χ1n) is 4.20. The number of carbonyl (C=O) groups excluding carboxylic acids is 1. The Bertz CT molecular complexity index is 170. The smallest absolute Gasteiger partial charge is 0.236 e. The molecule has 1 saturated heterocycles. The molecular weight excluding hydrogens is 156 g/mol. The highest BCUT2D eigenvalue weighted by molar-refractivity contribution is 5.77. The summed E-state index contributed by atoms with van der Waals surface area (Å²) in [5, 5.41) is 9.18. The second kappa shape index (κ2) is 3.87. The number of hydrogen-bond donors (Lipinski definition) is 1. The van der Waals surface area contributed by atoms with E-state index in [4.69, 9.17) is 0 Å². The Kier molecular flexibility index (Phi) is 3.05. The third-order valence-electron chi connectivity index (χ3n) is 2.11. The van der Waals surface area contributed by atoms with Crippen molar-refractivity contribution in [2.45, 2.75) is 12.5 Å². The van der Waals surface area contributed by atoms with Gasteiger partial charge in [0.1, 0.15) is 0 Å². The number of likely N-dealkylation sites (tertiary alicyclic amines) is 1. The van der Waals surface area contributed by atoms with Gasteiger partial charge in [0.25, 0.3) is 0 Å². The Morgan fingerprint density at radius 3 is 2.75 bits per heavy atom. The van der Waals surface area contributed by atoms with E-state index >= 15 is 0 Å². The first-order valence-corrected chi connectivity index (χ1v) is 4.20. The molecule has 0 spiro atoms. The van der Waals surface area contributed by atoms with E-state index in [1.807, 2.05) is 4.90 Å². The van der Waals surface area contributed by atoms with Gasteiger partial charge in [-0.2, -0.15) is 0 Å². The van der Waals surface area contributed by atoms with Crippen LogP contribution in [0.1, 0.15) is 6.42 Å². The van der Waals surface area contributed by atoms with Gasteiger partial charge in [0, 0.05) is 27.2 Å². The third kappa shape index (κ3) is 2.46. The molecule has 1 aliphatic heterocycles. The quantitative estimate of drug-likeness (QED) is 0.589. The van der Waals surface area contributed by atoms with E-state index in [-0.39, 0.29) is 12.0 Å². The van der Waals surface area contributed by atoms with Crippen molar-refractivity contribution in [3.05, 3.63) is 0 Å². The Morgan fingerprint density at radius 2 is 2.33 bits per heavy atom. The van der Waals surface area contributed by atoms with Crippen molar-refractivity contribution in [1.82, 2.24) is 9.80 Å². The van der Waals surface area contributed by atoms with Crippen LogP contribution in [0.15, 0.2) is 0 Å². The number of likely N-dealkylation sites (N-methyl/N-ethyl adjacent to an activating group) is 1. The Morgan fingerprint density at radius 1 is 1.67 bits per heavy atom. The van der Waals surface area contributed by atoms with Crippen LogP contribution in [-0.4, -0.2) is 60.6 Å². The Balaban J connectivity index is 2.28. The minimum absolute atomic E-state index is 0.101. The highest BCUT2D eigenvalue weighted by Gasteiger charge is 2.22. The van der Waals surface area contributed by atoms with Crippen molar-refractivity contribution in [3.8, 4) is 0 Å². The zero-order valence-corrected chi connectivity index (χ0v) is 7.66. The molecule has 1 fully saturated rings. The van der Waals surface area contributed by atoms with Crippen LogP contribution in [0.5, 0.6) is 0 Å². The van der Waals surface area contributed by atoms with Gasteiger partial charge in [0.2, 0.25) is 5.91 Å². The molecule has 4 nitrogen and oxygen atoms in total. The van der Waals surface area contributed by atoms with Crippen molar-refractivity contribution in [2.75, 3.05) is 33.7 Å². The van der Waals surface area contributed by atoms with E-state index in [0.29, 0.717) is 13.1 Å². The SMILES string of the molecule is CN(C)C(=O)CN1CCC(O)C1. The summed E-state index contributed by atoms with van der Waals surface area (Å²) in [6, 6.07) is 0. The van der Waals surface area contributed by atoms with E-state index in [9.17, 15) is 9.90 Å². The van der Waals surface area contributed by atoms with E-state index in [2.05, 4.69) is 0 Å². The third-order valence-corrected chi connectivity index (χ3v) is 2.11. The highest BCUT2D eigenvalue weighted by atomic mass is 16.3. The molecule has 1 amide bonds. The van der Waals surface area contributed by atoms with Crippen LogP contribution < -0.4 is 0 Å². The summed E-state index contributed by atoms with van der Waals surface area (Å²) in [5.41, 5.74) is 0. The normalized spacial score (nSPS) is 24.4. The van der Waals surface area contributed by atoms with Crippen LogP contribution in [-0.2, 0) is 4.79 Å². The Labute approximate surface area is 72.8 Å². The van der Waals surface area contributed by atoms with Crippen molar-refractivity contribution >= 4 is 5.91 Å². The molecule has 0 saturated carbocycles. The van der Waals surface area contributed by atoms with Crippen LogP contribution in [0, 0.1) is 0 Å². The molecule has 1 atom stereocenters. The summed E-state index contributed by atoms with van der Waals surface area (Å²) >= 11 is 0. The predicted octanol–water partition coefficient (Wildman–Crippen LogP) is -0.859. The second-order valence-electron chi connectivity index (χ2n) is 3.47. The molecule has 4 heteroatoms. The van der Waals surface area contributed by atoms with Gasteiger partial charge in [-0.25, -0.2) is 0 Å². The average Bonchev–Trinajstić information content (AvgIpc) is 2.35. The zero-order chi connectivity index (χ0) is 9.14. The van der Waals surface area contributed by atoms with E-state index in [0.717, 1.165) is 13.0 Å². The van der Waals surface area contributed by atoms with E-state index < -0.39 is 0 Å². The number of nitrogens with zero attached hydrogens (tertiary/aromatic N) is 2. The summed E-state index contributed by atoms with van der Waals surface area (Å²) in [7, 11) is 3.49. The lowest BCUT2D eigenvalue weighted by atomic mass is 10.3. The molecule has 1 unspecified atom stereocenters. The maximum atomic E-state index is 11.2. The van der Waals surface area contributed by atoms with Crippen LogP contribution >= 0.6 is 0 Å². The molecule has 0 aliphatic carbocycles. The van der Waals surface area contributed by atoms with Crippen LogP contribution in [0.4, 0.5) is 0 Å². The molecular formula is C8H16N2O2. The fourth-order valence-electron chi connectivity index (χ4n) is 1.29. The molecule has 70 valence electrons. The highest BCUT2D eigenvalue weighted by Crippen LogP contribution is 2.07. The molecule has 0 radical (unpaired) electrons. The first kappa shape index (κ1) is 9.48. The maximum absolute atomic E-state index is 11.2. The van der Waals surface area contributed by atoms with Gasteiger partial charge in [-0.3, -0.25) is 9.69 Å². The van der Waals surface area contributed by atoms with Crippen molar-refractivity contribution < 1.29 is 9.90 Å². The van der Waals surface area contributed by atoms with Crippen LogP contribution in [0.3, 0.4) is 0 Å². The lowest BCUT2D eigenvalue weighted by Crippen LogP contribution is -2.35. The minimum Gasteiger partial charge on any atom is -0.392 e. The number of hydrogen-bond acceptors (Lipinski definition) is 3. The standard InChI is InChI=1S/C8H16N2O2/c1-9(2)8(12)6-10-4-3-7(11)5-10/h7,11H,3-6H2,1-2H3. The predicted molar refractivity (Wildman–Crippen MR) is 45.8 cm³/mol. The number of rotatable bonds is 2.